The van der Waals surface area contributed by atoms with Gasteiger partial charge in [-0.1, -0.05) is 48.6 Å². The first-order chi connectivity index (χ1) is 14.8. The number of carbonyl (C=O) groups excluding carboxylic acids is 1. The van der Waals surface area contributed by atoms with E-state index in [1.54, 1.807) is 43.3 Å². The molecule has 1 aromatic heterocycles. The fraction of sp³-hybridized carbons (Fsp3) is 0.130. The molecule has 0 bridgehead atoms. The van der Waals surface area contributed by atoms with Crippen LogP contribution in [0.4, 0.5) is 5.69 Å². The zero-order chi connectivity index (χ0) is 22.2. The van der Waals surface area contributed by atoms with Crippen LogP contribution >= 0.6 is 11.3 Å². The lowest BCUT2D eigenvalue weighted by atomic mass is 10.1. The molecule has 0 aliphatic rings. The molecule has 8 heteroatoms. The molecule has 0 spiro atoms. The van der Waals surface area contributed by atoms with Gasteiger partial charge >= 0.3 is 4.94 Å². The lowest BCUT2D eigenvalue weighted by Gasteiger charge is -2.23. The lowest BCUT2D eigenvalue weighted by molar-refractivity contribution is 0.100. The van der Waals surface area contributed by atoms with Crippen LogP contribution in [0.5, 0.6) is 0 Å². The van der Waals surface area contributed by atoms with E-state index in [9.17, 15) is 18.0 Å². The Labute approximate surface area is 183 Å². The molecule has 0 saturated heterocycles. The van der Waals surface area contributed by atoms with Crippen LogP contribution in [0, 0.1) is 6.92 Å². The van der Waals surface area contributed by atoms with Crippen LogP contribution in [0.1, 0.15) is 28.4 Å². The molecular formula is C23H19NO5S2. The molecule has 1 amide bonds. The van der Waals surface area contributed by atoms with E-state index in [1.165, 1.54) is 30.3 Å². The lowest BCUT2D eigenvalue weighted by Crippen LogP contribution is -2.37. The van der Waals surface area contributed by atoms with E-state index < -0.39 is 20.9 Å². The van der Waals surface area contributed by atoms with Crippen molar-refractivity contribution in [2.24, 2.45) is 0 Å². The summed E-state index contributed by atoms with van der Waals surface area (Å²) in [5.41, 5.74) is 2.39. The highest BCUT2D eigenvalue weighted by Gasteiger charge is 2.33. The van der Waals surface area contributed by atoms with Gasteiger partial charge in [0.25, 0.3) is 15.9 Å². The number of benzene rings is 3. The number of fused-ring (bicyclic) bond motifs is 1. The summed E-state index contributed by atoms with van der Waals surface area (Å²) < 4.78 is 33.6. The van der Waals surface area contributed by atoms with Crippen molar-refractivity contribution in [2.45, 2.75) is 25.2 Å². The third-order valence-electron chi connectivity index (χ3n) is 4.98. The molecule has 31 heavy (non-hydrogen) atoms. The van der Waals surface area contributed by atoms with Crippen molar-refractivity contribution in [3.05, 3.63) is 93.2 Å². The Bertz CT molecular complexity index is 1430. The Hall–Kier alpha value is -3.23. The number of carbonyl (C=O) groups is 1. The number of sulfonamides is 1. The Morgan fingerprint density at radius 1 is 1.03 bits per heavy atom. The van der Waals surface area contributed by atoms with Gasteiger partial charge in [-0.05, 0) is 60.9 Å². The maximum Gasteiger partial charge on any atom is 0.396 e. The molecule has 1 heterocycles. The fourth-order valence-electron chi connectivity index (χ4n) is 3.28. The van der Waals surface area contributed by atoms with Crippen LogP contribution < -0.4 is 9.24 Å². The predicted octanol–water partition coefficient (Wildman–Crippen LogP) is 4.76. The monoisotopic (exact) mass is 453 g/mol. The van der Waals surface area contributed by atoms with Crippen LogP contribution in [0.15, 0.2) is 80.8 Å². The molecule has 0 N–H and O–H groups in total. The second-order valence-electron chi connectivity index (χ2n) is 6.97. The number of hydrogen-bond donors (Lipinski definition) is 0. The van der Waals surface area contributed by atoms with E-state index >= 15 is 0 Å². The molecule has 6 nitrogen and oxygen atoms in total. The third kappa shape index (κ3) is 3.92. The summed E-state index contributed by atoms with van der Waals surface area (Å²) in [4.78, 5) is 24.6. The largest absolute Gasteiger partial charge is 0.414 e. The highest BCUT2D eigenvalue weighted by Crippen LogP contribution is 2.30. The van der Waals surface area contributed by atoms with Crippen molar-refractivity contribution in [1.29, 1.82) is 0 Å². The number of aryl methyl sites for hydroxylation is 2. The summed E-state index contributed by atoms with van der Waals surface area (Å²) in [6.07, 6.45) is 0.766. The third-order valence-corrected chi connectivity index (χ3v) is 7.49. The molecule has 0 atom stereocenters. The average molecular weight is 454 g/mol. The van der Waals surface area contributed by atoms with Gasteiger partial charge in [-0.3, -0.25) is 4.79 Å². The van der Waals surface area contributed by atoms with Gasteiger partial charge in [-0.25, -0.2) is 13.2 Å². The predicted molar refractivity (Wildman–Crippen MR) is 121 cm³/mol. The highest BCUT2D eigenvalue weighted by atomic mass is 32.2. The fourth-order valence-corrected chi connectivity index (χ4v) is 5.38. The normalized spacial score (nSPS) is 11.5. The summed E-state index contributed by atoms with van der Waals surface area (Å²) in [5.74, 6) is -0.673. The van der Waals surface area contributed by atoms with Gasteiger partial charge in [0, 0.05) is 5.56 Å². The van der Waals surface area contributed by atoms with Crippen molar-refractivity contribution in [3.63, 3.8) is 0 Å². The van der Waals surface area contributed by atoms with Crippen molar-refractivity contribution in [2.75, 3.05) is 4.31 Å². The highest BCUT2D eigenvalue weighted by molar-refractivity contribution is 7.93. The van der Waals surface area contributed by atoms with E-state index in [2.05, 4.69) is 0 Å². The second kappa shape index (κ2) is 8.13. The Morgan fingerprint density at radius 3 is 2.42 bits per heavy atom. The first kappa shape index (κ1) is 21.0. The summed E-state index contributed by atoms with van der Waals surface area (Å²) in [6.45, 7) is 3.72. The number of anilines is 1. The van der Waals surface area contributed by atoms with Crippen molar-refractivity contribution < 1.29 is 17.6 Å². The zero-order valence-electron chi connectivity index (χ0n) is 16.9. The smallest absolute Gasteiger partial charge is 0.396 e. The van der Waals surface area contributed by atoms with Gasteiger partial charge in [0.1, 0.15) is 5.58 Å². The van der Waals surface area contributed by atoms with Crippen molar-refractivity contribution in [3.8, 4) is 0 Å². The standard InChI is InChI=1S/C23H19NO5S2/c1-3-16-8-11-18(12-9-16)31(27,28)24(22(25)19-7-5-4-6-15(19)2)17-10-13-20-21(14-17)30-23(26)29-20/h4-14H,3H2,1-2H3. The average Bonchev–Trinajstić information content (AvgIpc) is 3.13. The summed E-state index contributed by atoms with van der Waals surface area (Å²) in [6, 6.07) is 17.7. The second-order valence-corrected chi connectivity index (χ2v) is 9.74. The van der Waals surface area contributed by atoms with Crippen LogP contribution in [-0.2, 0) is 16.4 Å². The molecule has 158 valence electrons. The summed E-state index contributed by atoms with van der Waals surface area (Å²) >= 11 is 0.851. The molecule has 0 aliphatic carbocycles. The Kier molecular flexibility index (Phi) is 5.51. The molecule has 4 rings (SSSR count). The number of nitrogens with zero attached hydrogens (tertiary/aromatic N) is 1. The maximum atomic E-state index is 13.6. The molecule has 0 aliphatic heterocycles. The summed E-state index contributed by atoms with van der Waals surface area (Å²) in [5, 5.41) is 0. The Balaban J connectivity index is 1.91. The summed E-state index contributed by atoms with van der Waals surface area (Å²) in [7, 11) is -4.23. The molecule has 0 fully saturated rings. The van der Waals surface area contributed by atoms with Gasteiger partial charge in [-0.2, -0.15) is 4.31 Å². The maximum absolute atomic E-state index is 13.6. The van der Waals surface area contributed by atoms with Crippen LogP contribution in [0.3, 0.4) is 0 Å². The molecule has 3 aromatic carbocycles. The minimum Gasteiger partial charge on any atom is -0.414 e. The van der Waals surface area contributed by atoms with E-state index in [4.69, 9.17) is 4.42 Å². The van der Waals surface area contributed by atoms with Crippen LogP contribution in [0.2, 0.25) is 0 Å². The zero-order valence-corrected chi connectivity index (χ0v) is 18.5. The van der Waals surface area contributed by atoms with E-state index in [1.807, 2.05) is 6.92 Å². The first-order valence-corrected chi connectivity index (χ1v) is 11.8. The van der Waals surface area contributed by atoms with Gasteiger partial charge in [0.05, 0.1) is 15.3 Å². The minimum atomic E-state index is -4.23. The van der Waals surface area contributed by atoms with Crippen molar-refractivity contribution in [1.82, 2.24) is 0 Å². The molecule has 0 saturated carbocycles. The minimum absolute atomic E-state index is 0.00659. The quantitative estimate of drug-likeness (QED) is 0.435. The van der Waals surface area contributed by atoms with Crippen LogP contribution in [-0.4, -0.2) is 14.3 Å². The van der Waals surface area contributed by atoms with Gasteiger partial charge < -0.3 is 4.42 Å². The first-order valence-electron chi connectivity index (χ1n) is 9.59. The van der Waals surface area contributed by atoms with Crippen LogP contribution in [0.25, 0.3) is 10.3 Å². The van der Waals surface area contributed by atoms with Gasteiger partial charge in [0.15, 0.2) is 0 Å². The van der Waals surface area contributed by atoms with E-state index in [-0.39, 0.29) is 16.1 Å². The molecule has 4 aromatic rings. The molecular weight excluding hydrogens is 434 g/mol. The Morgan fingerprint density at radius 2 is 1.74 bits per heavy atom. The van der Waals surface area contributed by atoms with E-state index in [0.29, 0.717) is 15.8 Å². The SMILES string of the molecule is CCc1ccc(S(=O)(=O)N(C(=O)c2ccccc2C)c2ccc3oc(=O)sc3c2)cc1. The van der Waals surface area contributed by atoms with Gasteiger partial charge in [0.2, 0.25) is 0 Å². The number of rotatable bonds is 5. The topological polar surface area (TPSA) is 84.7 Å². The molecule has 0 radical (unpaired) electrons. The van der Waals surface area contributed by atoms with E-state index in [0.717, 1.165) is 27.6 Å². The van der Waals surface area contributed by atoms with Crippen molar-refractivity contribution >= 4 is 43.2 Å². The molecule has 0 unspecified atom stereocenters. The number of amides is 1. The number of hydrogen-bond acceptors (Lipinski definition) is 6. The van der Waals surface area contributed by atoms with Gasteiger partial charge in [-0.15, -0.1) is 0 Å².